The quantitative estimate of drug-likeness (QED) is 0.598. The van der Waals surface area contributed by atoms with Gasteiger partial charge in [0.25, 0.3) is 11.8 Å². The molecule has 3 aromatic rings. The van der Waals surface area contributed by atoms with Crippen molar-refractivity contribution in [1.82, 2.24) is 15.6 Å². The molecule has 1 heterocycles. The summed E-state index contributed by atoms with van der Waals surface area (Å²) < 4.78 is 0. The molecule has 0 atom stereocenters. The zero-order valence-electron chi connectivity index (χ0n) is 17.4. The van der Waals surface area contributed by atoms with Crippen LogP contribution in [0.1, 0.15) is 57.1 Å². The fourth-order valence-electron chi connectivity index (χ4n) is 3.02. The van der Waals surface area contributed by atoms with Gasteiger partial charge in [0.1, 0.15) is 11.4 Å². The molecule has 2 aromatic carbocycles. The van der Waals surface area contributed by atoms with Gasteiger partial charge in [-0.3, -0.25) is 9.59 Å². The molecule has 0 saturated heterocycles. The Morgan fingerprint density at radius 3 is 1.37 bits per heavy atom. The Hall–Kier alpha value is -3.47. The second-order valence-electron chi connectivity index (χ2n) is 7.11. The van der Waals surface area contributed by atoms with Gasteiger partial charge in [0.15, 0.2) is 0 Å². The summed E-state index contributed by atoms with van der Waals surface area (Å²) in [6.45, 7) is 5.03. The largest absolute Gasteiger partial charge is 0.347 e. The van der Waals surface area contributed by atoms with Crippen LogP contribution in [-0.4, -0.2) is 16.8 Å². The van der Waals surface area contributed by atoms with Crippen molar-refractivity contribution < 1.29 is 9.59 Å². The molecule has 0 radical (unpaired) electrons. The molecule has 1 aromatic heterocycles. The third-order valence-electron chi connectivity index (χ3n) is 4.98. The average molecular weight is 402 g/mol. The molecule has 0 spiro atoms. The van der Waals surface area contributed by atoms with E-state index in [-0.39, 0.29) is 23.2 Å². The average Bonchev–Trinajstić information content (AvgIpc) is 2.81. The fourth-order valence-corrected chi connectivity index (χ4v) is 3.02. The van der Waals surface area contributed by atoms with Crippen LogP contribution < -0.4 is 10.6 Å². The number of nitrogens with one attached hydrogen (secondary N) is 2. The molecule has 2 N–H and O–H groups in total. The van der Waals surface area contributed by atoms with Crippen LogP contribution in [0.2, 0.25) is 0 Å². The topological polar surface area (TPSA) is 71.1 Å². The summed E-state index contributed by atoms with van der Waals surface area (Å²) in [6.07, 6.45) is 1.96. The molecule has 0 saturated carbocycles. The van der Waals surface area contributed by atoms with Crippen molar-refractivity contribution in [2.75, 3.05) is 0 Å². The maximum atomic E-state index is 12.5. The Morgan fingerprint density at radius 1 is 0.633 bits per heavy atom. The van der Waals surface area contributed by atoms with Crippen molar-refractivity contribution in [3.05, 3.63) is 100 Å². The minimum atomic E-state index is -0.306. The summed E-state index contributed by atoms with van der Waals surface area (Å²) in [6, 6.07) is 21.1. The molecule has 154 valence electrons. The third-order valence-corrected chi connectivity index (χ3v) is 4.98. The van der Waals surface area contributed by atoms with Gasteiger partial charge in [-0.1, -0.05) is 68.4 Å². The van der Waals surface area contributed by atoms with Crippen LogP contribution in [0.25, 0.3) is 0 Å². The first kappa shape index (κ1) is 21.2. The van der Waals surface area contributed by atoms with E-state index >= 15 is 0 Å². The highest BCUT2D eigenvalue weighted by Gasteiger charge is 2.12. The van der Waals surface area contributed by atoms with E-state index in [9.17, 15) is 9.59 Å². The van der Waals surface area contributed by atoms with Crippen molar-refractivity contribution in [3.8, 4) is 0 Å². The highest BCUT2D eigenvalue weighted by Crippen LogP contribution is 2.07. The summed E-state index contributed by atoms with van der Waals surface area (Å²) in [4.78, 5) is 29.1. The number of aryl methyl sites for hydroxylation is 2. The van der Waals surface area contributed by atoms with E-state index in [1.807, 2.05) is 24.3 Å². The smallest absolute Gasteiger partial charge is 0.270 e. The molecular weight excluding hydrogens is 374 g/mol. The van der Waals surface area contributed by atoms with E-state index in [1.54, 1.807) is 18.2 Å². The van der Waals surface area contributed by atoms with Crippen LogP contribution >= 0.6 is 0 Å². The minimum Gasteiger partial charge on any atom is -0.347 e. The molecular formula is C25H27N3O2. The fraction of sp³-hybridized carbons (Fsp3) is 0.240. The molecule has 0 aliphatic rings. The van der Waals surface area contributed by atoms with Gasteiger partial charge in [0.2, 0.25) is 0 Å². The number of pyridine rings is 1. The molecule has 30 heavy (non-hydrogen) atoms. The molecule has 2 amide bonds. The number of hydrogen-bond acceptors (Lipinski definition) is 3. The summed E-state index contributed by atoms with van der Waals surface area (Å²) in [5.41, 5.74) is 4.99. The van der Waals surface area contributed by atoms with Crippen LogP contribution in [0.3, 0.4) is 0 Å². The van der Waals surface area contributed by atoms with E-state index in [2.05, 4.69) is 53.7 Å². The van der Waals surface area contributed by atoms with Gasteiger partial charge in [-0.15, -0.1) is 0 Å². The van der Waals surface area contributed by atoms with Crippen LogP contribution in [0.15, 0.2) is 66.7 Å². The first-order chi connectivity index (χ1) is 14.6. The first-order valence-corrected chi connectivity index (χ1v) is 10.3. The lowest BCUT2D eigenvalue weighted by Gasteiger charge is -2.08. The Bertz CT molecular complexity index is 917. The van der Waals surface area contributed by atoms with Gasteiger partial charge in [0.05, 0.1) is 0 Å². The third kappa shape index (κ3) is 5.77. The zero-order valence-corrected chi connectivity index (χ0v) is 17.4. The van der Waals surface area contributed by atoms with Crippen molar-refractivity contribution in [1.29, 1.82) is 0 Å². The summed E-state index contributed by atoms with van der Waals surface area (Å²) in [5.74, 6) is -0.612. The number of hydrogen-bond donors (Lipinski definition) is 2. The van der Waals surface area contributed by atoms with Crippen LogP contribution in [-0.2, 0) is 25.9 Å². The van der Waals surface area contributed by atoms with E-state index in [4.69, 9.17) is 0 Å². The van der Waals surface area contributed by atoms with Crippen LogP contribution in [0.5, 0.6) is 0 Å². The van der Waals surface area contributed by atoms with E-state index < -0.39 is 0 Å². The Kier molecular flexibility index (Phi) is 7.33. The van der Waals surface area contributed by atoms with Crippen molar-refractivity contribution in [2.45, 2.75) is 39.8 Å². The highest BCUT2D eigenvalue weighted by molar-refractivity contribution is 5.96. The molecule has 3 rings (SSSR count). The van der Waals surface area contributed by atoms with Crippen LogP contribution in [0, 0.1) is 0 Å². The lowest BCUT2D eigenvalue weighted by Crippen LogP contribution is -2.27. The maximum absolute atomic E-state index is 12.5. The predicted octanol–water partition coefficient (Wildman–Crippen LogP) is 4.07. The summed E-state index contributed by atoms with van der Waals surface area (Å²) in [7, 11) is 0. The normalized spacial score (nSPS) is 10.5. The van der Waals surface area contributed by atoms with Gasteiger partial charge in [-0.2, -0.15) is 0 Å². The van der Waals surface area contributed by atoms with Gasteiger partial charge in [0, 0.05) is 13.1 Å². The minimum absolute atomic E-state index is 0.222. The van der Waals surface area contributed by atoms with Gasteiger partial charge >= 0.3 is 0 Å². The molecule has 5 heteroatoms. The standard InChI is InChI=1S/C25H27N3O2/c1-3-18-8-12-20(13-9-18)16-26-24(29)22-6-5-7-23(28-22)25(30)27-17-21-14-10-19(4-2)11-15-21/h5-15H,3-4,16-17H2,1-2H3,(H,26,29)(H,27,30). The number of benzene rings is 2. The van der Waals surface area contributed by atoms with Crippen molar-refractivity contribution in [3.63, 3.8) is 0 Å². The predicted molar refractivity (Wildman–Crippen MR) is 118 cm³/mol. The monoisotopic (exact) mass is 401 g/mol. The van der Waals surface area contributed by atoms with E-state index in [0.29, 0.717) is 13.1 Å². The lowest BCUT2D eigenvalue weighted by atomic mass is 10.1. The van der Waals surface area contributed by atoms with E-state index in [0.717, 1.165) is 24.0 Å². The van der Waals surface area contributed by atoms with Crippen molar-refractivity contribution in [2.24, 2.45) is 0 Å². The lowest BCUT2D eigenvalue weighted by molar-refractivity contribution is 0.0941. The summed E-state index contributed by atoms with van der Waals surface area (Å²) in [5, 5.41) is 5.71. The van der Waals surface area contributed by atoms with Crippen LogP contribution in [0.4, 0.5) is 0 Å². The maximum Gasteiger partial charge on any atom is 0.270 e. The number of nitrogens with zero attached hydrogens (tertiary/aromatic N) is 1. The molecule has 0 aliphatic carbocycles. The van der Waals surface area contributed by atoms with Gasteiger partial charge in [-0.05, 0) is 47.2 Å². The SMILES string of the molecule is CCc1ccc(CNC(=O)c2cccc(C(=O)NCc3ccc(CC)cc3)n2)cc1. The second-order valence-corrected chi connectivity index (χ2v) is 7.11. The number of amides is 2. The highest BCUT2D eigenvalue weighted by atomic mass is 16.2. The number of rotatable bonds is 8. The molecule has 0 bridgehead atoms. The number of carbonyl (C=O) groups is 2. The molecule has 5 nitrogen and oxygen atoms in total. The van der Waals surface area contributed by atoms with Crippen molar-refractivity contribution >= 4 is 11.8 Å². The first-order valence-electron chi connectivity index (χ1n) is 10.3. The van der Waals surface area contributed by atoms with Gasteiger partial charge < -0.3 is 10.6 Å². The molecule has 0 aliphatic heterocycles. The molecule has 0 fully saturated rings. The number of carbonyl (C=O) groups excluding carboxylic acids is 2. The second kappa shape index (κ2) is 10.3. The van der Waals surface area contributed by atoms with E-state index in [1.165, 1.54) is 11.1 Å². The zero-order chi connectivity index (χ0) is 21.3. The Labute approximate surface area is 177 Å². The Morgan fingerprint density at radius 2 is 1.00 bits per heavy atom. The molecule has 0 unspecified atom stereocenters. The summed E-state index contributed by atoms with van der Waals surface area (Å²) >= 11 is 0. The van der Waals surface area contributed by atoms with Gasteiger partial charge in [-0.25, -0.2) is 4.98 Å². The number of aromatic nitrogens is 1. The Balaban J connectivity index is 1.56.